The van der Waals surface area contributed by atoms with Crippen LogP contribution in [0.4, 0.5) is 0 Å². The fraction of sp³-hybridized carbons (Fsp3) is 0.571. The maximum Gasteiger partial charge on any atom is 0.483 e. The number of hydrogen-bond acceptors (Lipinski definition) is 5. The van der Waals surface area contributed by atoms with E-state index in [9.17, 15) is 0 Å². The molecule has 0 heterocycles. The monoisotopic (exact) mass is 298 g/mol. The summed E-state index contributed by atoms with van der Waals surface area (Å²) in [5.74, 6) is 0.635. The van der Waals surface area contributed by atoms with Crippen LogP contribution in [0, 0.1) is 0 Å². The molecule has 114 valence electrons. The van der Waals surface area contributed by atoms with E-state index in [0.717, 1.165) is 6.54 Å². The van der Waals surface area contributed by atoms with Crippen LogP contribution in [-0.2, 0) is 19.7 Å². The van der Waals surface area contributed by atoms with Crippen LogP contribution in [-0.4, -0.2) is 43.6 Å². The van der Waals surface area contributed by atoms with Gasteiger partial charge in [0, 0.05) is 33.8 Å². The summed E-state index contributed by atoms with van der Waals surface area (Å²) in [5, 5.41) is 3.28. The fourth-order valence-corrected chi connectivity index (χ4v) is 2.71. The molecule has 2 aliphatic rings. The van der Waals surface area contributed by atoms with E-state index in [1.54, 1.807) is 21.3 Å². The van der Waals surface area contributed by atoms with Crippen LogP contribution < -0.4 is 11.1 Å². The number of fused-ring (bicyclic) bond motifs is 3. The van der Waals surface area contributed by atoms with E-state index >= 15 is 0 Å². The highest BCUT2D eigenvalue weighted by Gasteiger charge is 2.17. The smallest absolute Gasteiger partial charge is 0.379 e. The van der Waals surface area contributed by atoms with Crippen molar-refractivity contribution in [2.45, 2.75) is 25.4 Å². The molecule has 3 rings (SSSR count). The summed E-state index contributed by atoms with van der Waals surface area (Å²) in [4.78, 5) is 0. The van der Waals surface area contributed by atoms with Gasteiger partial charge in [0.1, 0.15) is 0 Å². The lowest BCUT2D eigenvalue weighted by atomic mass is 9.85. The van der Waals surface area contributed by atoms with E-state index in [1.165, 1.54) is 17.5 Å². The van der Waals surface area contributed by atoms with Crippen LogP contribution in [0.5, 0.6) is 0 Å². The minimum Gasteiger partial charge on any atom is -0.379 e. The first kappa shape index (κ1) is 17.3. The predicted octanol–water partition coefficient (Wildman–Crippen LogP) is 0.863. The molecule has 5 nitrogen and oxygen atoms in total. The lowest BCUT2D eigenvalue weighted by Crippen LogP contribution is -2.37. The van der Waals surface area contributed by atoms with Gasteiger partial charge < -0.3 is 24.3 Å². The van der Waals surface area contributed by atoms with Gasteiger partial charge in [-0.15, -0.1) is 0 Å². The average molecular weight is 298 g/mol. The van der Waals surface area contributed by atoms with Crippen LogP contribution >= 0.6 is 0 Å². The van der Waals surface area contributed by atoms with E-state index < -0.39 is 9.53 Å². The predicted molar refractivity (Wildman–Crippen MR) is 82.7 cm³/mol. The lowest BCUT2D eigenvalue weighted by molar-refractivity contribution is 0.163. The fourth-order valence-electron chi connectivity index (χ4n) is 2.14. The number of nitrogens with one attached hydrogen (secondary N) is 1. The highest BCUT2D eigenvalue weighted by molar-refractivity contribution is 6.36. The Bertz CT molecular complexity index is 364. The molecule has 0 aliphatic heterocycles. The zero-order valence-electron chi connectivity index (χ0n) is 12.8. The van der Waals surface area contributed by atoms with Crippen molar-refractivity contribution in [3.05, 3.63) is 35.4 Å². The second kappa shape index (κ2) is 9.22. The number of nitrogens with two attached hydrogens (primary N) is 1. The molecule has 0 aromatic heterocycles. The molecule has 2 atom stereocenters. The van der Waals surface area contributed by atoms with Crippen molar-refractivity contribution < 1.29 is 13.3 Å². The van der Waals surface area contributed by atoms with E-state index in [0.29, 0.717) is 5.92 Å². The van der Waals surface area contributed by atoms with Crippen LogP contribution in [0.15, 0.2) is 24.3 Å². The highest BCUT2D eigenvalue weighted by Crippen LogP contribution is 2.26. The maximum atomic E-state index is 5.64. The highest BCUT2D eigenvalue weighted by atomic mass is 28.3. The Morgan fingerprint density at radius 1 is 1.20 bits per heavy atom. The van der Waals surface area contributed by atoms with Crippen molar-refractivity contribution in [2.24, 2.45) is 5.73 Å². The SMILES string of the molecule is CC(N)NCC1Cc2ccc1cc2.CO[SiH](OC)OC. The Morgan fingerprint density at radius 3 is 2.05 bits per heavy atom. The molecule has 0 saturated carbocycles. The molecule has 1 aromatic rings. The molecule has 0 spiro atoms. The molecule has 2 aliphatic carbocycles. The standard InChI is InChI=1S/C11H16N2.C3H10O3Si/c1-8(12)13-7-11-6-9-2-4-10(11)5-3-9;1-4-7(5-2)6-3/h2-5,8,11,13H,6-7,12H2,1H3;7H,1-3H3. The molecule has 0 amide bonds. The Hall–Kier alpha value is -0.763. The van der Waals surface area contributed by atoms with Gasteiger partial charge in [0.05, 0.1) is 6.17 Å². The molecule has 0 fully saturated rings. The Balaban J connectivity index is 0.000000246. The first-order chi connectivity index (χ1) is 9.60. The Morgan fingerprint density at radius 2 is 1.75 bits per heavy atom. The first-order valence-corrected chi connectivity index (χ1v) is 8.18. The summed E-state index contributed by atoms with van der Waals surface area (Å²) < 4.78 is 14.2. The second-order valence-electron chi connectivity index (χ2n) is 4.84. The van der Waals surface area contributed by atoms with E-state index in [2.05, 4.69) is 29.6 Å². The van der Waals surface area contributed by atoms with Crippen molar-refractivity contribution in [1.29, 1.82) is 0 Å². The van der Waals surface area contributed by atoms with Crippen molar-refractivity contribution in [3.63, 3.8) is 0 Å². The van der Waals surface area contributed by atoms with Crippen LogP contribution in [0.3, 0.4) is 0 Å². The van der Waals surface area contributed by atoms with Gasteiger partial charge in [0.25, 0.3) is 0 Å². The molecule has 2 unspecified atom stereocenters. The number of hydrogen-bond donors (Lipinski definition) is 2. The number of benzene rings is 1. The molecule has 2 bridgehead atoms. The third-order valence-electron chi connectivity index (χ3n) is 3.20. The second-order valence-corrected chi connectivity index (χ2v) is 6.83. The average Bonchev–Trinajstić information content (AvgIpc) is 2.49. The van der Waals surface area contributed by atoms with Crippen molar-refractivity contribution in [1.82, 2.24) is 5.32 Å². The molecule has 6 heteroatoms. The quantitative estimate of drug-likeness (QED) is 0.602. The molecular formula is C14H26N2O3Si. The van der Waals surface area contributed by atoms with Gasteiger partial charge in [-0.2, -0.15) is 0 Å². The van der Waals surface area contributed by atoms with Gasteiger partial charge >= 0.3 is 9.53 Å². The molecule has 20 heavy (non-hydrogen) atoms. The third-order valence-corrected chi connectivity index (χ3v) is 4.35. The largest absolute Gasteiger partial charge is 0.483 e. The molecule has 0 radical (unpaired) electrons. The summed E-state index contributed by atoms with van der Waals surface area (Å²) in [7, 11) is 3.05. The summed E-state index contributed by atoms with van der Waals surface area (Å²) in [6.45, 7) is 2.97. The van der Waals surface area contributed by atoms with Gasteiger partial charge in [-0.3, -0.25) is 0 Å². The van der Waals surface area contributed by atoms with Gasteiger partial charge in [-0.05, 0) is 24.5 Å². The third kappa shape index (κ3) is 5.70. The summed E-state index contributed by atoms with van der Waals surface area (Å²) in [5.41, 5.74) is 8.51. The van der Waals surface area contributed by atoms with Gasteiger partial charge in [-0.25, -0.2) is 0 Å². The molecule has 1 aromatic carbocycles. The minimum absolute atomic E-state index is 0.0963. The zero-order valence-corrected chi connectivity index (χ0v) is 13.9. The van der Waals surface area contributed by atoms with E-state index in [1.807, 2.05) is 6.92 Å². The maximum absolute atomic E-state index is 5.64. The first-order valence-electron chi connectivity index (χ1n) is 6.76. The normalized spacial score (nSPS) is 17.8. The van der Waals surface area contributed by atoms with Crippen molar-refractivity contribution in [2.75, 3.05) is 27.9 Å². The van der Waals surface area contributed by atoms with Crippen molar-refractivity contribution in [3.8, 4) is 0 Å². The Labute approximate surface area is 123 Å². The summed E-state index contributed by atoms with van der Waals surface area (Å²) >= 11 is 0. The van der Waals surface area contributed by atoms with Crippen LogP contribution in [0.25, 0.3) is 0 Å². The van der Waals surface area contributed by atoms with E-state index in [4.69, 9.17) is 19.0 Å². The van der Waals surface area contributed by atoms with Gasteiger partial charge in [0.15, 0.2) is 0 Å². The minimum atomic E-state index is -1.67. The summed E-state index contributed by atoms with van der Waals surface area (Å²) in [6, 6.07) is 8.84. The van der Waals surface area contributed by atoms with Crippen molar-refractivity contribution >= 4 is 9.53 Å². The van der Waals surface area contributed by atoms with Gasteiger partial charge in [-0.1, -0.05) is 24.3 Å². The Kier molecular flexibility index (Phi) is 7.97. The number of rotatable bonds is 6. The zero-order chi connectivity index (χ0) is 15.0. The lowest BCUT2D eigenvalue weighted by Gasteiger charge is -2.24. The van der Waals surface area contributed by atoms with E-state index in [-0.39, 0.29) is 6.17 Å². The van der Waals surface area contributed by atoms with Gasteiger partial charge in [0.2, 0.25) is 0 Å². The van der Waals surface area contributed by atoms with Crippen LogP contribution in [0.2, 0.25) is 0 Å². The topological polar surface area (TPSA) is 65.7 Å². The molecule has 0 saturated heterocycles. The molecular weight excluding hydrogens is 272 g/mol. The summed E-state index contributed by atoms with van der Waals surface area (Å²) in [6.07, 6.45) is 1.27. The molecule has 3 N–H and O–H groups in total. The van der Waals surface area contributed by atoms with Crippen LogP contribution in [0.1, 0.15) is 24.0 Å².